The Morgan fingerprint density at radius 3 is 2.65 bits per heavy atom. The topological polar surface area (TPSA) is 62.1 Å². The molecular weight excluding hydrogens is 216 g/mol. The average molecular weight is 236 g/mol. The van der Waals surface area contributed by atoms with E-state index in [4.69, 9.17) is 10.00 Å². The number of methoxy groups -OCH3 is 1. The molecule has 0 aromatic carbocycles. The van der Waals surface area contributed by atoms with E-state index in [2.05, 4.69) is 18.3 Å². The van der Waals surface area contributed by atoms with E-state index in [0.29, 0.717) is 18.8 Å². The van der Waals surface area contributed by atoms with Crippen LogP contribution in [0.1, 0.15) is 39.0 Å². The Labute approximate surface area is 102 Å². The van der Waals surface area contributed by atoms with Crippen LogP contribution in [-0.2, 0) is 9.53 Å². The summed E-state index contributed by atoms with van der Waals surface area (Å²) in [5.74, 6) is 0.426. The van der Waals surface area contributed by atoms with E-state index in [-0.39, 0.29) is 18.1 Å². The molecule has 1 N–H and O–H groups in total. The van der Waals surface area contributed by atoms with Crippen LogP contribution in [0.2, 0.25) is 0 Å². The fraction of sp³-hybridized carbons (Fsp3) is 0.846. The van der Waals surface area contributed by atoms with Crippen molar-refractivity contribution in [1.82, 2.24) is 5.32 Å². The van der Waals surface area contributed by atoms with Crippen LogP contribution >= 0.6 is 0 Å². The Morgan fingerprint density at radius 2 is 2.18 bits per heavy atom. The van der Waals surface area contributed by atoms with Gasteiger partial charge in [0.1, 0.15) is 5.41 Å². The summed E-state index contributed by atoms with van der Waals surface area (Å²) in [5, 5.41) is 12.2. The van der Waals surface area contributed by atoms with Crippen molar-refractivity contribution in [2.75, 3.05) is 7.11 Å². The van der Waals surface area contributed by atoms with Crippen molar-refractivity contribution >= 4 is 5.91 Å². The van der Waals surface area contributed by atoms with Gasteiger partial charge in [-0.3, -0.25) is 4.79 Å². The van der Waals surface area contributed by atoms with Crippen LogP contribution in [0, 0.1) is 22.7 Å². The maximum absolute atomic E-state index is 12.1. The molecule has 2 unspecified atom stereocenters. The summed E-state index contributed by atoms with van der Waals surface area (Å²) < 4.78 is 5.28. The third-order valence-corrected chi connectivity index (χ3v) is 4.10. The zero-order valence-electron chi connectivity index (χ0n) is 10.5. The molecule has 2 aliphatic carbocycles. The molecule has 94 valence electrons. The van der Waals surface area contributed by atoms with Crippen LogP contribution in [0.4, 0.5) is 0 Å². The van der Waals surface area contributed by atoms with Crippen LogP contribution in [0.25, 0.3) is 0 Å². The minimum atomic E-state index is -0.745. The lowest BCUT2D eigenvalue weighted by Crippen LogP contribution is -2.50. The van der Waals surface area contributed by atoms with Crippen molar-refractivity contribution in [3.63, 3.8) is 0 Å². The van der Waals surface area contributed by atoms with Crippen LogP contribution < -0.4 is 5.32 Å². The minimum absolute atomic E-state index is 0.0696. The molecule has 0 aromatic heterocycles. The molecule has 1 amide bonds. The van der Waals surface area contributed by atoms with E-state index < -0.39 is 5.41 Å². The molecule has 2 aliphatic rings. The number of carbonyl (C=O) groups excluding carboxylic acids is 1. The number of rotatable bonds is 3. The number of amides is 1. The maximum atomic E-state index is 12.1. The highest BCUT2D eigenvalue weighted by Crippen LogP contribution is 2.45. The van der Waals surface area contributed by atoms with Gasteiger partial charge >= 0.3 is 0 Å². The van der Waals surface area contributed by atoms with E-state index in [9.17, 15) is 4.79 Å². The summed E-state index contributed by atoms with van der Waals surface area (Å²) in [4.78, 5) is 12.1. The second-order valence-corrected chi connectivity index (χ2v) is 5.55. The van der Waals surface area contributed by atoms with Crippen molar-refractivity contribution in [3.8, 4) is 6.07 Å². The summed E-state index contributed by atoms with van der Waals surface area (Å²) in [5.41, 5.74) is -0.745. The summed E-state index contributed by atoms with van der Waals surface area (Å²) in [7, 11) is 1.71. The number of hydrogen-bond donors (Lipinski definition) is 1. The minimum Gasteiger partial charge on any atom is -0.381 e. The first-order chi connectivity index (χ1) is 8.09. The highest BCUT2D eigenvalue weighted by atomic mass is 16.5. The van der Waals surface area contributed by atoms with Crippen molar-refractivity contribution in [1.29, 1.82) is 5.26 Å². The highest BCUT2D eigenvalue weighted by Gasteiger charge is 2.49. The molecular formula is C13H20N2O2. The van der Waals surface area contributed by atoms with Crippen LogP contribution in [0.5, 0.6) is 0 Å². The van der Waals surface area contributed by atoms with Gasteiger partial charge in [-0.15, -0.1) is 0 Å². The quantitative estimate of drug-likeness (QED) is 0.809. The molecule has 17 heavy (non-hydrogen) atoms. The van der Waals surface area contributed by atoms with Gasteiger partial charge in [-0.25, -0.2) is 0 Å². The number of ether oxygens (including phenoxy) is 1. The average Bonchev–Trinajstić information content (AvgIpc) is 2.72. The van der Waals surface area contributed by atoms with E-state index >= 15 is 0 Å². The Hall–Kier alpha value is -1.08. The zero-order chi connectivity index (χ0) is 12.5. The molecule has 0 heterocycles. The predicted molar refractivity (Wildman–Crippen MR) is 63.0 cm³/mol. The normalized spacial score (nSPS) is 40.4. The SMILES string of the molecule is COC1CCC(NC(=O)C2(C#N)CC(C)C2)C1. The van der Waals surface area contributed by atoms with Gasteiger partial charge in [-0.2, -0.15) is 5.26 Å². The van der Waals surface area contributed by atoms with Gasteiger partial charge in [-0.1, -0.05) is 6.92 Å². The van der Waals surface area contributed by atoms with Gasteiger partial charge < -0.3 is 10.1 Å². The summed E-state index contributed by atoms with van der Waals surface area (Å²) in [6, 6.07) is 2.39. The maximum Gasteiger partial charge on any atom is 0.240 e. The van der Waals surface area contributed by atoms with E-state index in [1.165, 1.54) is 0 Å². The lowest BCUT2D eigenvalue weighted by atomic mass is 9.63. The van der Waals surface area contributed by atoms with Gasteiger partial charge in [-0.05, 0) is 38.0 Å². The molecule has 0 saturated heterocycles. The Morgan fingerprint density at radius 1 is 1.47 bits per heavy atom. The van der Waals surface area contributed by atoms with Crippen molar-refractivity contribution < 1.29 is 9.53 Å². The third-order valence-electron chi connectivity index (χ3n) is 4.10. The monoisotopic (exact) mass is 236 g/mol. The molecule has 2 fully saturated rings. The van der Waals surface area contributed by atoms with Gasteiger partial charge in [0.25, 0.3) is 0 Å². The van der Waals surface area contributed by atoms with Crippen molar-refractivity contribution in [3.05, 3.63) is 0 Å². The van der Waals surface area contributed by atoms with E-state index in [0.717, 1.165) is 19.3 Å². The Bertz CT molecular complexity index is 342. The molecule has 2 saturated carbocycles. The smallest absolute Gasteiger partial charge is 0.240 e. The fourth-order valence-electron chi connectivity index (χ4n) is 3.07. The summed E-state index contributed by atoms with van der Waals surface area (Å²) in [6.07, 6.45) is 4.50. The van der Waals surface area contributed by atoms with E-state index in [1.54, 1.807) is 7.11 Å². The summed E-state index contributed by atoms with van der Waals surface area (Å²) >= 11 is 0. The van der Waals surface area contributed by atoms with Crippen molar-refractivity contribution in [2.45, 2.75) is 51.2 Å². The van der Waals surface area contributed by atoms with Crippen LogP contribution in [0.3, 0.4) is 0 Å². The van der Waals surface area contributed by atoms with E-state index in [1.807, 2.05) is 0 Å². The molecule has 0 bridgehead atoms. The largest absolute Gasteiger partial charge is 0.381 e. The second-order valence-electron chi connectivity index (χ2n) is 5.55. The second kappa shape index (κ2) is 4.66. The number of nitriles is 1. The molecule has 0 aromatic rings. The van der Waals surface area contributed by atoms with Crippen LogP contribution in [0.15, 0.2) is 0 Å². The Kier molecular flexibility index (Phi) is 3.39. The highest BCUT2D eigenvalue weighted by molar-refractivity contribution is 5.86. The van der Waals surface area contributed by atoms with Crippen molar-refractivity contribution in [2.24, 2.45) is 11.3 Å². The third kappa shape index (κ3) is 2.30. The lowest BCUT2D eigenvalue weighted by molar-refractivity contribution is -0.134. The standard InChI is InChI=1S/C13H20N2O2/c1-9-6-13(7-9,8-14)12(16)15-10-3-4-11(5-10)17-2/h9-11H,3-7H2,1-2H3,(H,15,16). The molecule has 4 heteroatoms. The zero-order valence-corrected chi connectivity index (χ0v) is 10.5. The first-order valence-electron chi connectivity index (χ1n) is 6.34. The number of carbonyl (C=O) groups is 1. The first-order valence-corrected chi connectivity index (χ1v) is 6.34. The van der Waals surface area contributed by atoms with Gasteiger partial charge in [0.2, 0.25) is 5.91 Å². The number of nitrogens with one attached hydrogen (secondary N) is 1. The molecule has 2 atom stereocenters. The molecule has 2 rings (SSSR count). The predicted octanol–water partition coefficient (Wildman–Crippen LogP) is 1.61. The van der Waals surface area contributed by atoms with Gasteiger partial charge in [0.15, 0.2) is 0 Å². The molecule has 0 spiro atoms. The summed E-state index contributed by atoms with van der Waals surface area (Å²) in [6.45, 7) is 2.08. The van der Waals surface area contributed by atoms with Crippen LogP contribution in [-0.4, -0.2) is 25.2 Å². The lowest BCUT2D eigenvalue weighted by Gasteiger charge is -2.39. The molecule has 4 nitrogen and oxygen atoms in total. The number of hydrogen-bond acceptors (Lipinski definition) is 3. The number of nitrogens with zero attached hydrogens (tertiary/aromatic N) is 1. The first kappa shape index (κ1) is 12.4. The van der Waals surface area contributed by atoms with Gasteiger partial charge in [0, 0.05) is 13.2 Å². The Balaban J connectivity index is 1.88. The molecule has 0 radical (unpaired) electrons. The van der Waals surface area contributed by atoms with Gasteiger partial charge in [0.05, 0.1) is 12.2 Å². The fourth-order valence-corrected chi connectivity index (χ4v) is 3.07. The molecule has 0 aliphatic heterocycles.